The summed E-state index contributed by atoms with van der Waals surface area (Å²) in [6, 6.07) is 0. The third kappa shape index (κ3) is 14.1. The lowest BCUT2D eigenvalue weighted by atomic mass is 9.77. The van der Waals surface area contributed by atoms with Crippen molar-refractivity contribution in [2.24, 2.45) is 29.6 Å². The Morgan fingerprint density at radius 2 is 1.74 bits per heavy atom. The van der Waals surface area contributed by atoms with E-state index in [0.717, 1.165) is 70.0 Å². The number of hydrogen-bond acceptors (Lipinski definition) is 8. The summed E-state index contributed by atoms with van der Waals surface area (Å²) >= 11 is 0. The van der Waals surface area contributed by atoms with E-state index in [0.29, 0.717) is 43.7 Å². The predicted molar refractivity (Wildman–Crippen MR) is 198 cm³/mol. The van der Waals surface area contributed by atoms with E-state index in [-0.39, 0.29) is 54.4 Å². The summed E-state index contributed by atoms with van der Waals surface area (Å²) in [6.45, 7) is 15.9. The molecule has 0 aromatic carbocycles. The number of rotatable bonds is 19. The van der Waals surface area contributed by atoms with Crippen molar-refractivity contribution in [1.29, 1.82) is 0 Å². The highest BCUT2D eigenvalue weighted by molar-refractivity contribution is 5.80. The van der Waals surface area contributed by atoms with Crippen molar-refractivity contribution in [2.75, 3.05) is 19.8 Å². The molecule has 1 amide bonds. The fraction of sp³-hybridized carbons (Fsp3) is 0.854. The SMILES string of the molecule is C/C=C/C(O)CC1CCC(C)C(CC(=O)CCC(O)C(C)C(=O)NCCCC2OC3(CCC2C)COCC(CCC(C)/C=C(\C)C(C)O)C3)O1. The molecule has 3 heterocycles. The van der Waals surface area contributed by atoms with Gasteiger partial charge in [0.15, 0.2) is 0 Å². The number of nitrogens with one attached hydrogen (secondary N) is 1. The second-order valence-corrected chi connectivity index (χ2v) is 16.3. The van der Waals surface area contributed by atoms with Crippen LogP contribution in [0.4, 0.5) is 0 Å². The van der Waals surface area contributed by atoms with E-state index in [2.05, 4.69) is 32.2 Å². The van der Waals surface area contributed by atoms with Crippen molar-refractivity contribution in [3.05, 3.63) is 23.8 Å². The molecule has 4 N–H and O–H groups in total. The molecular weight excluding hydrogens is 634 g/mol. The Hall–Kier alpha value is -1.62. The topological polar surface area (TPSA) is 135 Å². The van der Waals surface area contributed by atoms with Crippen molar-refractivity contribution in [1.82, 2.24) is 5.32 Å². The highest BCUT2D eigenvalue weighted by atomic mass is 16.6. The number of aliphatic hydroxyl groups excluding tert-OH is 3. The molecule has 0 saturated carbocycles. The lowest BCUT2D eigenvalue weighted by Gasteiger charge is -2.48. The minimum absolute atomic E-state index is 0.0340. The highest BCUT2D eigenvalue weighted by Crippen LogP contribution is 2.42. The summed E-state index contributed by atoms with van der Waals surface area (Å²) in [5.41, 5.74) is 0.796. The zero-order chi connectivity index (χ0) is 36.8. The van der Waals surface area contributed by atoms with Crippen LogP contribution < -0.4 is 5.32 Å². The number of ether oxygens (including phenoxy) is 3. The van der Waals surface area contributed by atoms with Crippen LogP contribution in [-0.4, -0.2) is 89.0 Å². The molecule has 0 bridgehead atoms. The zero-order valence-electron chi connectivity index (χ0n) is 32.3. The van der Waals surface area contributed by atoms with Gasteiger partial charge in [-0.15, -0.1) is 0 Å². The molecule has 3 fully saturated rings. The average Bonchev–Trinajstić information content (AvgIpc) is 3.07. The van der Waals surface area contributed by atoms with Crippen LogP contribution in [0.5, 0.6) is 0 Å². The van der Waals surface area contributed by atoms with Crippen LogP contribution in [0, 0.1) is 29.6 Å². The van der Waals surface area contributed by atoms with Gasteiger partial charge in [-0.1, -0.05) is 45.9 Å². The maximum Gasteiger partial charge on any atom is 0.225 e. The first-order valence-corrected chi connectivity index (χ1v) is 19.8. The second kappa shape index (κ2) is 21.2. The first-order chi connectivity index (χ1) is 23.7. The van der Waals surface area contributed by atoms with E-state index < -0.39 is 24.2 Å². The van der Waals surface area contributed by atoms with Gasteiger partial charge in [0, 0.05) is 32.4 Å². The highest BCUT2D eigenvalue weighted by Gasteiger charge is 2.44. The number of amides is 1. The monoisotopic (exact) mass is 706 g/mol. The van der Waals surface area contributed by atoms with Crippen LogP contribution in [-0.2, 0) is 23.8 Å². The Labute approximate surface area is 303 Å². The molecule has 50 heavy (non-hydrogen) atoms. The lowest BCUT2D eigenvalue weighted by Crippen LogP contribution is -2.51. The Kier molecular flexibility index (Phi) is 18.1. The van der Waals surface area contributed by atoms with Crippen LogP contribution in [0.15, 0.2) is 23.8 Å². The molecule has 9 nitrogen and oxygen atoms in total. The summed E-state index contributed by atoms with van der Waals surface area (Å²) in [5.74, 6) is 0.822. The normalized spacial score (nSPS) is 32.4. The van der Waals surface area contributed by atoms with Crippen LogP contribution in [0.3, 0.4) is 0 Å². The van der Waals surface area contributed by atoms with E-state index in [1.807, 2.05) is 26.8 Å². The summed E-state index contributed by atoms with van der Waals surface area (Å²) in [6.07, 6.45) is 13.9. The molecule has 1 spiro atoms. The summed E-state index contributed by atoms with van der Waals surface area (Å²) in [5, 5.41) is 33.7. The number of Topliss-reactive ketones (excluding diaryl/α,β-unsaturated/α-hetero) is 1. The molecule has 288 valence electrons. The summed E-state index contributed by atoms with van der Waals surface area (Å²) < 4.78 is 19.1. The molecule has 0 aromatic rings. The van der Waals surface area contributed by atoms with Gasteiger partial charge in [-0.05, 0) is 114 Å². The summed E-state index contributed by atoms with van der Waals surface area (Å²) in [4.78, 5) is 25.7. The van der Waals surface area contributed by atoms with Gasteiger partial charge < -0.3 is 34.8 Å². The fourth-order valence-electron chi connectivity index (χ4n) is 8.00. The molecule has 3 saturated heterocycles. The maximum absolute atomic E-state index is 12.9. The molecule has 12 atom stereocenters. The summed E-state index contributed by atoms with van der Waals surface area (Å²) in [7, 11) is 0. The number of carbonyl (C=O) groups excluding carboxylic acids is 2. The second-order valence-electron chi connectivity index (χ2n) is 16.3. The van der Waals surface area contributed by atoms with Crippen molar-refractivity contribution in [3.63, 3.8) is 0 Å². The van der Waals surface area contributed by atoms with Crippen LogP contribution >= 0.6 is 0 Å². The fourth-order valence-corrected chi connectivity index (χ4v) is 8.00. The minimum atomic E-state index is -0.894. The number of carbonyl (C=O) groups is 2. The Bertz CT molecular complexity index is 1090. The van der Waals surface area contributed by atoms with Gasteiger partial charge in [0.1, 0.15) is 5.78 Å². The number of hydrogen-bond donors (Lipinski definition) is 4. The maximum atomic E-state index is 12.9. The van der Waals surface area contributed by atoms with Gasteiger partial charge in [-0.2, -0.15) is 0 Å². The van der Waals surface area contributed by atoms with Crippen molar-refractivity contribution >= 4 is 11.7 Å². The van der Waals surface area contributed by atoms with Gasteiger partial charge in [0.05, 0.1) is 54.7 Å². The standard InChI is InChI=1S/C41H71NO8/c1-8-10-34(44)22-36-16-13-28(3)39(49-36)23-35(45)15-17-37(46)31(6)40(47)42-20-9-11-38-29(4)18-19-41(50-38)24-33(25-48-26-41)14-12-27(2)21-30(5)32(7)43/h8,10,21,27-29,31-34,36-39,43-44,46H,9,11-20,22-26H2,1-7H3,(H,42,47)/b10-8+,30-21+. The van der Waals surface area contributed by atoms with Gasteiger partial charge in [0.2, 0.25) is 5.91 Å². The molecule has 0 aromatic heterocycles. The number of allylic oxidation sites excluding steroid dienone is 2. The Morgan fingerprint density at radius 3 is 2.46 bits per heavy atom. The van der Waals surface area contributed by atoms with Crippen molar-refractivity contribution in [3.8, 4) is 0 Å². The van der Waals surface area contributed by atoms with E-state index in [4.69, 9.17) is 14.2 Å². The van der Waals surface area contributed by atoms with Crippen LogP contribution in [0.1, 0.15) is 132 Å². The largest absolute Gasteiger partial charge is 0.392 e. The van der Waals surface area contributed by atoms with Crippen molar-refractivity contribution in [2.45, 2.75) is 174 Å². The third-order valence-electron chi connectivity index (χ3n) is 11.7. The van der Waals surface area contributed by atoms with Gasteiger partial charge >= 0.3 is 0 Å². The van der Waals surface area contributed by atoms with E-state index in [1.54, 1.807) is 13.0 Å². The quantitative estimate of drug-likeness (QED) is 0.0889. The van der Waals surface area contributed by atoms with Crippen molar-refractivity contribution < 1.29 is 39.1 Å². The van der Waals surface area contributed by atoms with E-state index >= 15 is 0 Å². The van der Waals surface area contributed by atoms with E-state index in [1.165, 1.54) is 0 Å². The zero-order valence-corrected chi connectivity index (χ0v) is 32.3. The average molecular weight is 706 g/mol. The van der Waals surface area contributed by atoms with Gasteiger partial charge in [-0.25, -0.2) is 0 Å². The lowest BCUT2D eigenvalue weighted by molar-refractivity contribution is -0.211. The minimum Gasteiger partial charge on any atom is -0.392 e. The number of aliphatic hydroxyl groups is 3. The molecule has 0 aliphatic carbocycles. The first kappa shape index (κ1) is 42.8. The predicted octanol–water partition coefficient (Wildman–Crippen LogP) is 6.46. The molecule has 12 unspecified atom stereocenters. The molecule has 3 aliphatic heterocycles. The molecule has 9 heteroatoms. The smallest absolute Gasteiger partial charge is 0.225 e. The number of ketones is 1. The Morgan fingerprint density at radius 1 is 1.00 bits per heavy atom. The molecule has 3 rings (SSSR count). The van der Waals surface area contributed by atoms with Crippen LogP contribution in [0.25, 0.3) is 0 Å². The third-order valence-corrected chi connectivity index (χ3v) is 11.7. The molecule has 3 aliphatic rings. The molecular formula is C41H71NO8. The van der Waals surface area contributed by atoms with Gasteiger partial charge in [-0.3, -0.25) is 9.59 Å². The van der Waals surface area contributed by atoms with Gasteiger partial charge in [0.25, 0.3) is 0 Å². The molecule has 0 radical (unpaired) electrons. The van der Waals surface area contributed by atoms with E-state index in [9.17, 15) is 24.9 Å². The van der Waals surface area contributed by atoms with Crippen LogP contribution in [0.2, 0.25) is 0 Å². The Balaban J connectivity index is 1.36. The first-order valence-electron chi connectivity index (χ1n) is 19.8.